The van der Waals surface area contributed by atoms with E-state index in [0.717, 1.165) is 10.0 Å². The number of nitro benzene ring substituents is 1. The lowest BCUT2D eigenvalue weighted by Crippen LogP contribution is -2.24. The number of amides is 1. The molecule has 2 aromatic rings. The van der Waals surface area contributed by atoms with Crippen LogP contribution in [0.5, 0.6) is 0 Å². The Bertz CT molecular complexity index is 840. The maximum Gasteiger partial charge on any atom is 0.275 e. The standard InChI is InChI=1S/C16H10BrN3O3/c17-12-5-1-10(2-6-12)9-14-16(21)19-15(18-14)11-3-7-13(8-4-11)20(22)23/h1-9H,(H,18,19,21). The number of amidine groups is 1. The molecule has 1 heterocycles. The first-order valence-corrected chi connectivity index (χ1v) is 7.44. The molecule has 1 aliphatic heterocycles. The molecule has 0 fully saturated rings. The molecule has 6 nitrogen and oxygen atoms in total. The number of benzene rings is 2. The molecule has 0 bridgehead atoms. The first kappa shape index (κ1) is 15.1. The number of halogens is 1. The van der Waals surface area contributed by atoms with Crippen molar-refractivity contribution in [1.29, 1.82) is 0 Å². The Morgan fingerprint density at radius 2 is 1.74 bits per heavy atom. The van der Waals surface area contributed by atoms with Crippen LogP contribution in [-0.4, -0.2) is 16.7 Å². The molecule has 0 radical (unpaired) electrons. The average Bonchev–Trinajstić information content (AvgIpc) is 2.91. The van der Waals surface area contributed by atoms with E-state index in [2.05, 4.69) is 26.2 Å². The first-order chi connectivity index (χ1) is 11.0. The van der Waals surface area contributed by atoms with Gasteiger partial charge in [-0.25, -0.2) is 4.99 Å². The van der Waals surface area contributed by atoms with E-state index < -0.39 is 4.92 Å². The van der Waals surface area contributed by atoms with Gasteiger partial charge in [0.2, 0.25) is 0 Å². The molecule has 0 atom stereocenters. The van der Waals surface area contributed by atoms with Crippen LogP contribution in [-0.2, 0) is 4.79 Å². The van der Waals surface area contributed by atoms with Crippen LogP contribution in [0.25, 0.3) is 6.08 Å². The molecule has 3 rings (SSSR count). The molecule has 1 aliphatic rings. The molecule has 0 unspecified atom stereocenters. The molecule has 1 N–H and O–H groups in total. The normalized spacial score (nSPS) is 15.4. The van der Waals surface area contributed by atoms with Crippen molar-refractivity contribution in [2.75, 3.05) is 0 Å². The number of hydrogen-bond donors (Lipinski definition) is 1. The summed E-state index contributed by atoms with van der Waals surface area (Å²) in [4.78, 5) is 26.4. The third kappa shape index (κ3) is 3.35. The van der Waals surface area contributed by atoms with Crippen LogP contribution in [0.3, 0.4) is 0 Å². The Morgan fingerprint density at radius 1 is 1.09 bits per heavy atom. The first-order valence-electron chi connectivity index (χ1n) is 6.65. The Hall–Kier alpha value is -2.80. The minimum absolute atomic E-state index is 0.00991. The lowest BCUT2D eigenvalue weighted by molar-refractivity contribution is -0.384. The third-order valence-corrected chi connectivity index (χ3v) is 3.75. The van der Waals surface area contributed by atoms with Gasteiger partial charge in [0, 0.05) is 22.2 Å². The highest BCUT2D eigenvalue weighted by Gasteiger charge is 2.21. The highest BCUT2D eigenvalue weighted by Crippen LogP contribution is 2.18. The monoisotopic (exact) mass is 371 g/mol. The van der Waals surface area contributed by atoms with Crippen LogP contribution in [0.4, 0.5) is 5.69 Å². The fraction of sp³-hybridized carbons (Fsp3) is 0. The van der Waals surface area contributed by atoms with Crippen molar-refractivity contribution >= 4 is 39.4 Å². The number of nitrogens with zero attached hydrogens (tertiary/aromatic N) is 2. The van der Waals surface area contributed by atoms with E-state index in [1.54, 1.807) is 18.2 Å². The molecule has 1 amide bonds. The van der Waals surface area contributed by atoms with Gasteiger partial charge in [-0.3, -0.25) is 14.9 Å². The largest absolute Gasteiger partial charge is 0.305 e. The Balaban J connectivity index is 1.88. The summed E-state index contributed by atoms with van der Waals surface area (Å²) in [5, 5.41) is 13.3. The number of aliphatic imine (C=N–C) groups is 1. The lowest BCUT2D eigenvalue weighted by atomic mass is 10.2. The van der Waals surface area contributed by atoms with Gasteiger partial charge in [0.05, 0.1) is 4.92 Å². The predicted octanol–water partition coefficient (Wildman–Crippen LogP) is 3.27. The van der Waals surface area contributed by atoms with Crippen LogP contribution in [0.1, 0.15) is 11.1 Å². The Kier molecular flexibility index (Phi) is 4.03. The van der Waals surface area contributed by atoms with Gasteiger partial charge in [-0.15, -0.1) is 0 Å². The molecule has 0 aromatic heterocycles. The molecular weight excluding hydrogens is 362 g/mol. The van der Waals surface area contributed by atoms with Crippen LogP contribution in [0.15, 0.2) is 63.7 Å². The molecule has 2 aromatic carbocycles. The highest BCUT2D eigenvalue weighted by atomic mass is 79.9. The minimum atomic E-state index is -0.475. The van der Waals surface area contributed by atoms with Crippen LogP contribution in [0.2, 0.25) is 0 Å². The number of hydrogen-bond acceptors (Lipinski definition) is 4. The molecule has 0 saturated carbocycles. The second kappa shape index (κ2) is 6.13. The molecule has 0 spiro atoms. The van der Waals surface area contributed by atoms with Crippen molar-refractivity contribution in [1.82, 2.24) is 5.32 Å². The Morgan fingerprint density at radius 3 is 2.35 bits per heavy atom. The van der Waals surface area contributed by atoms with E-state index in [4.69, 9.17) is 0 Å². The highest BCUT2D eigenvalue weighted by molar-refractivity contribution is 9.10. The van der Waals surface area contributed by atoms with E-state index in [-0.39, 0.29) is 11.6 Å². The van der Waals surface area contributed by atoms with E-state index >= 15 is 0 Å². The third-order valence-electron chi connectivity index (χ3n) is 3.22. The van der Waals surface area contributed by atoms with Gasteiger partial charge in [-0.1, -0.05) is 28.1 Å². The fourth-order valence-electron chi connectivity index (χ4n) is 2.06. The number of nitro groups is 1. The summed E-state index contributed by atoms with van der Waals surface area (Å²) in [7, 11) is 0. The summed E-state index contributed by atoms with van der Waals surface area (Å²) in [5.74, 6) is 0.0783. The van der Waals surface area contributed by atoms with Crippen LogP contribution >= 0.6 is 15.9 Å². The number of carbonyl (C=O) groups is 1. The van der Waals surface area contributed by atoms with Crippen molar-refractivity contribution in [3.8, 4) is 0 Å². The number of carbonyl (C=O) groups excluding carboxylic acids is 1. The van der Waals surface area contributed by atoms with Gasteiger partial charge >= 0.3 is 0 Å². The minimum Gasteiger partial charge on any atom is -0.305 e. The summed E-state index contributed by atoms with van der Waals surface area (Å²) in [6.07, 6.45) is 1.68. The zero-order valence-corrected chi connectivity index (χ0v) is 13.3. The topological polar surface area (TPSA) is 84.6 Å². The molecule has 0 aliphatic carbocycles. The summed E-state index contributed by atoms with van der Waals surface area (Å²) in [6.45, 7) is 0. The van der Waals surface area contributed by atoms with E-state index in [1.165, 1.54) is 12.1 Å². The Labute approximate surface area is 139 Å². The molecule has 23 heavy (non-hydrogen) atoms. The van der Waals surface area contributed by atoms with Gasteiger partial charge in [0.1, 0.15) is 11.5 Å². The quantitative estimate of drug-likeness (QED) is 0.510. The molecule has 0 saturated heterocycles. The smallest absolute Gasteiger partial charge is 0.275 e. The van der Waals surface area contributed by atoms with Crippen molar-refractivity contribution < 1.29 is 9.72 Å². The zero-order chi connectivity index (χ0) is 16.4. The maximum atomic E-state index is 12.0. The fourth-order valence-corrected chi connectivity index (χ4v) is 2.33. The maximum absolute atomic E-state index is 12.0. The van der Waals surface area contributed by atoms with Gasteiger partial charge in [-0.2, -0.15) is 0 Å². The van der Waals surface area contributed by atoms with Gasteiger partial charge in [0.15, 0.2) is 0 Å². The zero-order valence-electron chi connectivity index (χ0n) is 11.7. The van der Waals surface area contributed by atoms with Crippen molar-refractivity contribution in [3.05, 3.63) is 79.9 Å². The predicted molar refractivity (Wildman–Crippen MR) is 89.9 cm³/mol. The van der Waals surface area contributed by atoms with Crippen molar-refractivity contribution in [2.24, 2.45) is 4.99 Å². The van der Waals surface area contributed by atoms with Crippen LogP contribution < -0.4 is 5.32 Å². The number of nitrogens with one attached hydrogen (secondary N) is 1. The SMILES string of the molecule is O=C1NC(c2ccc([N+](=O)[O-])cc2)=NC1=Cc1ccc(Br)cc1. The molecule has 114 valence electrons. The van der Waals surface area contributed by atoms with Gasteiger partial charge in [-0.05, 0) is 35.9 Å². The summed E-state index contributed by atoms with van der Waals surface area (Å²) in [5.41, 5.74) is 1.75. The van der Waals surface area contributed by atoms with Gasteiger partial charge < -0.3 is 5.32 Å². The molecule has 7 heteroatoms. The summed E-state index contributed by atoms with van der Waals surface area (Å²) in [6, 6.07) is 13.3. The lowest BCUT2D eigenvalue weighted by Gasteiger charge is -1.99. The van der Waals surface area contributed by atoms with Crippen molar-refractivity contribution in [3.63, 3.8) is 0 Å². The van der Waals surface area contributed by atoms with Crippen LogP contribution in [0, 0.1) is 10.1 Å². The second-order valence-corrected chi connectivity index (χ2v) is 5.72. The van der Waals surface area contributed by atoms with E-state index in [0.29, 0.717) is 17.1 Å². The molecular formula is C16H10BrN3O3. The van der Waals surface area contributed by atoms with Crippen molar-refractivity contribution in [2.45, 2.75) is 0 Å². The number of non-ortho nitro benzene ring substituents is 1. The summed E-state index contributed by atoms with van der Waals surface area (Å²) < 4.78 is 0.950. The average molecular weight is 372 g/mol. The number of rotatable bonds is 3. The van der Waals surface area contributed by atoms with E-state index in [1.807, 2.05) is 24.3 Å². The van der Waals surface area contributed by atoms with Gasteiger partial charge in [0.25, 0.3) is 11.6 Å². The second-order valence-electron chi connectivity index (χ2n) is 4.80. The van der Waals surface area contributed by atoms with E-state index in [9.17, 15) is 14.9 Å². The summed E-state index contributed by atoms with van der Waals surface area (Å²) >= 11 is 3.35.